The number of hydrogen-bond acceptors (Lipinski definition) is 5. The molecule has 0 bridgehead atoms. The molecule has 6 heteroatoms. The van der Waals surface area contributed by atoms with Crippen molar-refractivity contribution in [3.63, 3.8) is 0 Å². The molecule has 2 heterocycles. The maximum absolute atomic E-state index is 12.4. The predicted molar refractivity (Wildman–Crippen MR) is 103 cm³/mol. The molecule has 6 nitrogen and oxygen atoms in total. The van der Waals surface area contributed by atoms with Gasteiger partial charge in [-0.25, -0.2) is 0 Å². The number of rotatable bonds is 5. The van der Waals surface area contributed by atoms with Gasteiger partial charge in [0.1, 0.15) is 0 Å². The van der Waals surface area contributed by atoms with Gasteiger partial charge in [-0.1, -0.05) is 35.5 Å². The quantitative estimate of drug-likeness (QED) is 0.697. The number of nitrogens with zero attached hydrogens (tertiary/aromatic N) is 4. The van der Waals surface area contributed by atoms with E-state index in [-0.39, 0.29) is 11.8 Å². The monoisotopic (exact) mass is 362 g/mol. The summed E-state index contributed by atoms with van der Waals surface area (Å²) >= 11 is 0. The summed E-state index contributed by atoms with van der Waals surface area (Å²) in [6, 6.07) is 18.0. The van der Waals surface area contributed by atoms with Crippen molar-refractivity contribution in [1.82, 2.24) is 15.0 Å². The molecule has 1 aliphatic rings. The molecule has 0 spiro atoms. The molecule has 0 aliphatic carbocycles. The Morgan fingerprint density at radius 3 is 2.56 bits per heavy atom. The smallest absolute Gasteiger partial charge is 0.257 e. The van der Waals surface area contributed by atoms with E-state index < -0.39 is 0 Å². The van der Waals surface area contributed by atoms with Crippen LogP contribution in [0.5, 0.6) is 0 Å². The second-order valence-corrected chi connectivity index (χ2v) is 7.06. The zero-order chi connectivity index (χ0) is 18.8. The van der Waals surface area contributed by atoms with E-state index >= 15 is 0 Å². The molecule has 4 rings (SSSR count). The summed E-state index contributed by atoms with van der Waals surface area (Å²) in [6.45, 7) is 1.24. The van der Waals surface area contributed by atoms with Crippen LogP contribution >= 0.6 is 0 Å². The minimum absolute atomic E-state index is 0.0280. The van der Waals surface area contributed by atoms with Crippen LogP contribution in [-0.4, -0.2) is 41.6 Å². The number of benzene rings is 2. The fourth-order valence-electron chi connectivity index (χ4n) is 3.32. The van der Waals surface area contributed by atoms with E-state index in [1.807, 2.05) is 78.5 Å². The molecule has 1 unspecified atom stereocenters. The van der Waals surface area contributed by atoms with Crippen LogP contribution < -0.4 is 4.90 Å². The molecule has 1 fully saturated rings. The Balaban J connectivity index is 1.46. The molecule has 1 saturated heterocycles. The Morgan fingerprint density at radius 1 is 1.11 bits per heavy atom. The highest BCUT2D eigenvalue weighted by atomic mass is 16.5. The number of hydrogen-bond donors (Lipinski definition) is 0. The number of carbonyl (C=O) groups is 1. The van der Waals surface area contributed by atoms with Crippen molar-refractivity contribution in [2.45, 2.75) is 18.9 Å². The summed E-state index contributed by atoms with van der Waals surface area (Å²) in [7, 11) is 4.00. The van der Waals surface area contributed by atoms with Gasteiger partial charge in [-0.05, 0) is 29.8 Å². The summed E-state index contributed by atoms with van der Waals surface area (Å²) in [5.74, 6) is 1.19. The fourth-order valence-corrected chi connectivity index (χ4v) is 3.32. The third-order valence-electron chi connectivity index (χ3n) is 4.87. The summed E-state index contributed by atoms with van der Waals surface area (Å²) in [4.78, 5) is 20.8. The number of carbonyl (C=O) groups excluding carboxylic acids is 1. The van der Waals surface area contributed by atoms with Crippen molar-refractivity contribution >= 4 is 11.6 Å². The molecule has 1 amide bonds. The van der Waals surface area contributed by atoms with Gasteiger partial charge in [-0.3, -0.25) is 4.79 Å². The highest BCUT2D eigenvalue weighted by Crippen LogP contribution is 2.29. The van der Waals surface area contributed by atoms with Crippen LogP contribution in [0.4, 0.5) is 5.69 Å². The van der Waals surface area contributed by atoms with Crippen LogP contribution in [0.3, 0.4) is 0 Å². The Morgan fingerprint density at radius 2 is 1.85 bits per heavy atom. The van der Waals surface area contributed by atoms with Gasteiger partial charge >= 0.3 is 0 Å². The van der Waals surface area contributed by atoms with Crippen LogP contribution in [0.2, 0.25) is 0 Å². The molecule has 0 N–H and O–H groups in total. The predicted octanol–water partition coefficient (Wildman–Crippen LogP) is 3.32. The normalized spacial score (nSPS) is 16.7. The average molecular weight is 362 g/mol. The van der Waals surface area contributed by atoms with Crippen molar-refractivity contribution in [2.24, 2.45) is 0 Å². The number of aromatic nitrogens is 2. The molecule has 2 aromatic carbocycles. The fraction of sp³-hybridized carbons (Fsp3) is 0.286. The van der Waals surface area contributed by atoms with Gasteiger partial charge in [0.05, 0.1) is 0 Å². The Labute approximate surface area is 158 Å². The Hall–Kier alpha value is -3.15. The maximum Gasteiger partial charge on any atom is 0.257 e. The molecule has 138 valence electrons. The van der Waals surface area contributed by atoms with Crippen LogP contribution in [0.25, 0.3) is 11.5 Å². The standard InChI is InChI=1S/C21H22N4O2/c1-24(2)18-10-8-16(9-11-18)21-22-20(23-27-21)17-12-19(26)25(14-17)13-15-6-4-3-5-7-15/h3-11,17H,12-14H2,1-2H3. The molecule has 0 radical (unpaired) electrons. The maximum atomic E-state index is 12.4. The Bertz CT molecular complexity index is 919. The Kier molecular flexibility index (Phi) is 4.62. The van der Waals surface area contributed by atoms with Gasteiger partial charge in [0.2, 0.25) is 5.91 Å². The first-order valence-corrected chi connectivity index (χ1v) is 9.03. The van der Waals surface area contributed by atoms with Crippen LogP contribution in [0.1, 0.15) is 23.7 Å². The molecule has 27 heavy (non-hydrogen) atoms. The van der Waals surface area contributed by atoms with Gasteiger partial charge in [0.25, 0.3) is 5.89 Å². The van der Waals surface area contributed by atoms with Gasteiger partial charge in [0, 0.05) is 50.8 Å². The van der Waals surface area contributed by atoms with E-state index in [0.717, 1.165) is 16.8 Å². The lowest BCUT2D eigenvalue weighted by Gasteiger charge is -2.15. The summed E-state index contributed by atoms with van der Waals surface area (Å²) < 4.78 is 5.45. The highest BCUT2D eigenvalue weighted by Gasteiger charge is 2.33. The van der Waals surface area contributed by atoms with E-state index in [9.17, 15) is 4.79 Å². The van der Waals surface area contributed by atoms with Gasteiger partial charge in [-0.2, -0.15) is 4.98 Å². The van der Waals surface area contributed by atoms with E-state index in [1.165, 1.54) is 0 Å². The van der Waals surface area contributed by atoms with E-state index in [2.05, 4.69) is 10.1 Å². The average Bonchev–Trinajstić information content (AvgIpc) is 3.30. The minimum Gasteiger partial charge on any atom is -0.378 e. The lowest BCUT2D eigenvalue weighted by molar-refractivity contribution is -0.128. The van der Waals surface area contributed by atoms with Crippen LogP contribution in [0, 0.1) is 0 Å². The molecule has 3 aromatic rings. The van der Waals surface area contributed by atoms with Crippen molar-refractivity contribution in [3.05, 3.63) is 66.0 Å². The molecular formula is C21H22N4O2. The molecule has 1 aromatic heterocycles. The van der Waals surface area contributed by atoms with Crippen LogP contribution in [-0.2, 0) is 11.3 Å². The first-order valence-electron chi connectivity index (χ1n) is 9.03. The number of likely N-dealkylation sites (tertiary alicyclic amines) is 1. The van der Waals surface area contributed by atoms with Gasteiger partial charge in [0.15, 0.2) is 5.82 Å². The largest absolute Gasteiger partial charge is 0.378 e. The SMILES string of the molecule is CN(C)c1ccc(-c2nc(C3CC(=O)N(Cc4ccccc4)C3)no2)cc1. The van der Waals surface area contributed by atoms with Crippen molar-refractivity contribution < 1.29 is 9.32 Å². The highest BCUT2D eigenvalue weighted by molar-refractivity contribution is 5.79. The zero-order valence-corrected chi connectivity index (χ0v) is 15.5. The van der Waals surface area contributed by atoms with Crippen molar-refractivity contribution in [1.29, 1.82) is 0 Å². The summed E-state index contributed by atoms with van der Waals surface area (Å²) in [6.07, 6.45) is 0.422. The minimum atomic E-state index is -0.0280. The van der Waals surface area contributed by atoms with Gasteiger partial charge < -0.3 is 14.3 Å². The van der Waals surface area contributed by atoms with Crippen molar-refractivity contribution in [3.8, 4) is 11.5 Å². The van der Waals surface area contributed by atoms with E-state index in [0.29, 0.717) is 31.2 Å². The second-order valence-electron chi connectivity index (χ2n) is 7.06. The van der Waals surface area contributed by atoms with E-state index in [4.69, 9.17) is 4.52 Å². The third-order valence-corrected chi connectivity index (χ3v) is 4.87. The molecule has 1 atom stereocenters. The van der Waals surface area contributed by atoms with Crippen LogP contribution in [0.15, 0.2) is 59.1 Å². The zero-order valence-electron chi connectivity index (χ0n) is 15.5. The second kappa shape index (κ2) is 7.23. The lowest BCUT2D eigenvalue weighted by Crippen LogP contribution is -2.24. The van der Waals surface area contributed by atoms with E-state index in [1.54, 1.807) is 0 Å². The first kappa shape index (κ1) is 17.3. The topological polar surface area (TPSA) is 62.5 Å². The third kappa shape index (κ3) is 3.69. The lowest BCUT2D eigenvalue weighted by atomic mass is 10.1. The molecular weight excluding hydrogens is 340 g/mol. The molecule has 0 saturated carbocycles. The number of amides is 1. The first-order chi connectivity index (χ1) is 13.1. The summed E-state index contributed by atoms with van der Waals surface area (Å²) in [5, 5.41) is 4.13. The van der Waals surface area contributed by atoms with Gasteiger partial charge in [-0.15, -0.1) is 0 Å². The summed E-state index contributed by atoms with van der Waals surface area (Å²) in [5.41, 5.74) is 3.11. The number of anilines is 1. The molecule has 1 aliphatic heterocycles. The van der Waals surface area contributed by atoms with Crippen molar-refractivity contribution in [2.75, 3.05) is 25.5 Å².